The van der Waals surface area contributed by atoms with Crippen LogP contribution < -0.4 is 5.32 Å². The molecule has 5 heteroatoms. The molecule has 1 aliphatic rings. The number of halogens is 1. The lowest BCUT2D eigenvalue weighted by atomic mass is 9.95. The van der Waals surface area contributed by atoms with Crippen molar-refractivity contribution in [3.63, 3.8) is 0 Å². The molecule has 1 saturated heterocycles. The van der Waals surface area contributed by atoms with Crippen LogP contribution in [0.3, 0.4) is 0 Å². The van der Waals surface area contributed by atoms with E-state index in [1.807, 2.05) is 6.92 Å². The van der Waals surface area contributed by atoms with Gasteiger partial charge in [-0.25, -0.2) is 4.39 Å². The fraction of sp³-hybridized carbons (Fsp3) is 0.778. The number of alkyl halides is 1. The van der Waals surface area contributed by atoms with Crippen LogP contribution in [0, 0.1) is 6.92 Å². The van der Waals surface area contributed by atoms with Crippen LogP contribution in [0.1, 0.15) is 24.5 Å². The maximum atomic E-state index is 14.4. The highest BCUT2D eigenvalue weighted by Gasteiger charge is 2.38. The maximum absolute atomic E-state index is 14.4. The second-order valence-electron chi connectivity index (χ2n) is 3.88. The fourth-order valence-electron chi connectivity index (χ4n) is 1.86. The van der Waals surface area contributed by atoms with Crippen molar-refractivity contribution >= 4 is 0 Å². The van der Waals surface area contributed by atoms with E-state index in [1.54, 1.807) is 11.6 Å². The zero-order valence-electron chi connectivity index (χ0n) is 8.55. The topological polar surface area (TPSA) is 42.7 Å². The average molecular weight is 198 g/mol. The lowest BCUT2D eigenvalue weighted by Gasteiger charge is -2.28. The number of hydrogen-bond donors (Lipinski definition) is 1. The summed E-state index contributed by atoms with van der Waals surface area (Å²) in [4.78, 5) is 0. The van der Waals surface area contributed by atoms with Crippen LogP contribution in [0.2, 0.25) is 0 Å². The monoisotopic (exact) mass is 198 g/mol. The number of aryl methyl sites for hydroxylation is 1. The van der Waals surface area contributed by atoms with Crippen molar-refractivity contribution in [3.05, 3.63) is 11.6 Å². The van der Waals surface area contributed by atoms with Gasteiger partial charge in [0.1, 0.15) is 5.82 Å². The molecule has 0 bridgehead atoms. The Morgan fingerprint density at radius 3 is 2.79 bits per heavy atom. The number of rotatable bonds is 1. The molecule has 1 aromatic rings. The van der Waals surface area contributed by atoms with Gasteiger partial charge in [-0.2, -0.15) is 0 Å². The molecule has 2 heterocycles. The first-order chi connectivity index (χ1) is 6.63. The third-order valence-corrected chi connectivity index (χ3v) is 2.83. The van der Waals surface area contributed by atoms with E-state index in [0.29, 0.717) is 18.8 Å². The molecule has 0 radical (unpaired) electrons. The largest absolute Gasteiger partial charge is 0.316 e. The molecule has 0 aliphatic carbocycles. The van der Waals surface area contributed by atoms with Gasteiger partial charge in [-0.3, -0.25) is 0 Å². The van der Waals surface area contributed by atoms with Gasteiger partial charge >= 0.3 is 0 Å². The molecule has 1 aliphatic heterocycles. The molecule has 1 unspecified atom stereocenters. The van der Waals surface area contributed by atoms with E-state index in [-0.39, 0.29) is 0 Å². The van der Waals surface area contributed by atoms with Gasteiger partial charge in [0.2, 0.25) is 0 Å². The SMILES string of the molecule is Cc1nnc(C2(F)CCCNC2)n1C. The highest BCUT2D eigenvalue weighted by Crippen LogP contribution is 2.31. The zero-order valence-corrected chi connectivity index (χ0v) is 8.55. The standard InChI is InChI=1S/C9H15FN4/c1-7-12-13-8(14(7)2)9(10)4-3-5-11-6-9/h11H,3-6H2,1-2H3. The summed E-state index contributed by atoms with van der Waals surface area (Å²) >= 11 is 0. The maximum Gasteiger partial charge on any atom is 0.182 e. The number of nitrogens with zero attached hydrogens (tertiary/aromatic N) is 3. The third-order valence-electron chi connectivity index (χ3n) is 2.83. The minimum absolute atomic E-state index is 0.346. The number of piperidine rings is 1. The van der Waals surface area contributed by atoms with Gasteiger partial charge in [0, 0.05) is 13.6 Å². The highest BCUT2D eigenvalue weighted by molar-refractivity contribution is 5.07. The van der Waals surface area contributed by atoms with Gasteiger partial charge in [-0.1, -0.05) is 0 Å². The Morgan fingerprint density at radius 2 is 2.29 bits per heavy atom. The van der Waals surface area contributed by atoms with Gasteiger partial charge in [0.05, 0.1) is 0 Å². The Kier molecular flexibility index (Phi) is 2.26. The van der Waals surface area contributed by atoms with Crippen LogP contribution in [-0.4, -0.2) is 27.9 Å². The van der Waals surface area contributed by atoms with Crippen molar-refractivity contribution in [2.75, 3.05) is 13.1 Å². The Balaban J connectivity index is 2.32. The molecule has 4 nitrogen and oxygen atoms in total. The molecule has 1 atom stereocenters. The Morgan fingerprint density at radius 1 is 1.50 bits per heavy atom. The van der Waals surface area contributed by atoms with E-state index in [0.717, 1.165) is 18.8 Å². The van der Waals surface area contributed by atoms with Crippen molar-refractivity contribution in [1.82, 2.24) is 20.1 Å². The van der Waals surface area contributed by atoms with Crippen LogP contribution >= 0.6 is 0 Å². The smallest absolute Gasteiger partial charge is 0.182 e. The van der Waals surface area contributed by atoms with Gasteiger partial charge < -0.3 is 9.88 Å². The van der Waals surface area contributed by atoms with Crippen molar-refractivity contribution in [2.45, 2.75) is 25.4 Å². The summed E-state index contributed by atoms with van der Waals surface area (Å²) in [6.45, 7) is 3.07. The summed E-state index contributed by atoms with van der Waals surface area (Å²) in [6.07, 6.45) is 1.38. The zero-order chi connectivity index (χ0) is 10.2. The summed E-state index contributed by atoms with van der Waals surface area (Å²) < 4.78 is 16.1. The number of aromatic nitrogens is 3. The number of hydrogen-bond acceptors (Lipinski definition) is 3. The van der Waals surface area contributed by atoms with Crippen LogP contribution in [0.5, 0.6) is 0 Å². The normalized spacial score (nSPS) is 27.9. The summed E-state index contributed by atoms with van der Waals surface area (Å²) in [5.74, 6) is 1.20. The first-order valence-corrected chi connectivity index (χ1v) is 4.89. The summed E-state index contributed by atoms with van der Waals surface area (Å²) in [5, 5.41) is 10.8. The molecular weight excluding hydrogens is 183 g/mol. The van der Waals surface area contributed by atoms with Crippen molar-refractivity contribution in [3.8, 4) is 0 Å². The Hall–Kier alpha value is -0.970. The van der Waals surface area contributed by atoms with E-state index in [2.05, 4.69) is 15.5 Å². The predicted molar refractivity (Wildman–Crippen MR) is 50.6 cm³/mol. The predicted octanol–water partition coefficient (Wildman–Crippen LogP) is 0.672. The molecule has 0 saturated carbocycles. The lowest BCUT2D eigenvalue weighted by Crippen LogP contribution is -2.41. The van der Waals surface area contributed by atoms with Crippen molar-refractivity contribution < 1.29 is 4.39 Å². The number of nitrogens with one attached hydrogen (secondary N) is 1. The molecular formula is C9H15FN4. The Bertz CT molecular complexity index is 328. The van der Waals surface area contributed by atoms with E-state index in [4.69, 9.17) is 0 Å². The second-order valence-corrected chi connectivity index (χ2v) is 3.88. The van der Waals surface area contributed by atoms with Crippen LogP contribution in [0.25, 0.3) is 0 Å². The summed E-state index contributed by atoms with van der Waals surface area (Å²) in [7, 11) is 1.81. The molecule has 1 N–H and O–H groups in total. The fourth-order valence-corrected chi connectivity index (χ4v) is 1.86. The molecule has 0 aromatic carbocycles. The van der Waals surface area contributed by atoms with E-state index >= 15 is 0 Å². The first kappa shape index (κ1) is 9.58. The van der Waals surface area contributed by atoms with Crippen molar-refractivity contribution in [1.29, 1.82) is 0 Å². The lowest BCUT2D eigenvalue weighted by molar-refractivity contribution is 0.107. The minimum atomic E-state index is -1.34. The van der Waals surface area contributed by atoms with Gasteiger partial charge in [0.15, 0.2) is 11.5 Å². The van der Waals surface area contributed by atoms with Crippen LogP contribution in [0.4, 0.5) is 4.39 Å². The van der Waals surface area contributed by atoms with Gasteiger partial charge in [0.25, 0.3) is 0 Å². The average Bonchev–Trinajstić information content (AvgIpc) is 2.49. The third kappa shape index (κ3) is 1.41. The molecule has 78 valence electrons. The molecule has 14 heavy (non-hydrogen) atoms. The highest BCUT2D eigenvalue weighted by atomic mass is 19.1. The summed E-state index contributed by atoms with van der Waals surface area (Å²) in [5.41, 5.74) is -1.34. The van der Waals surface area contributed by atoms with Crippen molar-refractivity contribution in [2.24, 2.45) is 7.05 Å². The second kappa shape index (κ2) is 3.31. The first-order valence-electron chi connectivity index (χ1n) is 4.89. The van der Waals surface area contributed by atoms with Crippen LogP contribution in [-0.2, 0) is 12.7 Å². The molecule has 0 spiro atoms. The van der Waals surface area contributed by atoms with Crippen LogP contribution in [0.15, 0.2) is 0 Å². The minimum Gasteiger partial charge on any atom is -0.316 e. The van der Waals surface area contributed by atoms with Gasteiger partial charge in [-0.15, -0.1) is 10.2 Å². The molecule has 0 amide bonds. The van der Waals surface area contributed by atoms with E-state index < -0.39 is 5.67 Å². The summed E-state index contributed by atoms with van der Waals surface area (Å²) in [6, 6.07) is 0. The van der Waals surface area contributed by atoms with Gasteiger partial charge in [-0.05, 0) is 26.3 Å². The quantitative estimate of drug-likeness (QED) is 0.721. The molecule has 2 rings (SSSR count). The van der Waals surface area contributed by atoms with E-state index in [1.165, 1.54) is 0 Å². The van der Waals surface area contributed by atoms with E-state index in [9.17, 15) is 4.39 Å². The Labute approximate surface area is 82.5 Å². The molecule has 1 fully saturated rings. The molecule has 1 aromatic heterocycles.